The van der Waals surface area contributed by atoms with Gasteiger partial charge in [-0.05, 0) is 25.0 Å². The highest BCUT2D eigenvalue weighted by Crippen LogP contribution is 2.25. The molecule has 1 fully saturated rings. The third-order valence-corrected chi connectivity index (χ3v) is 5.76. The maximum absolute atomic E-state index is 4.85. The summed E-state index contributed by atoms with van der Waals surface area (Å²) in [7, 11) is 0. The molecule has 0 N–H and O–H groups in total. The number of hydrogen-bond acceptors (Lipinski definition) is 2. The Morgan fingerprint density at radius 1 is 0.708 bits per heavy atom. The summed E-state index contributed by atoms with van der Waals surface area (Å²) in [5, 5.41) is 0. The van der Waals surface area contributed by atoms with Crippen LogP contribution in [0.25, 0.3) is 0 Å². The van der Waals surface area contributed by atoms with Crippen LogP contribution in [0.5, 0.6) is 0 Å². The van der Waals surface area contributed by atoms with Gasteiger partial charge in [-0.3, -0.25) is 9.98 Å². The molecule has 1 aliphatic rings. The lowest BCUT2D eigenvalue weighted by molar-refractivity contribution is 0.390. The van der Waals surface area contributed by atoms with Crippen LogP contribution in [0.3, 0.4) is 0 Å². The second-order valence-corrected chi connectivity index (χ2v) is 7.73. The second kappa shape index (κ2) is 8.72. The van der Waals surface area contributed by atoms with Gasteiger partial charge in [0.2, 0.25) is 0 Å². The molecule has 3 rings (SSSR count). The molecular weight excluding hydrogens is 428 g/mol. The van der Waals surface area contributed by atoms with E-state index in [-0.39, 0.29) is 12.1 Å². The number of aliphatic imine (C=N–C) groups is 2. The van der Waals surface area contributed by atoms with Gasteiger partial charge in [0.1, 0.15) is 0 Å². The van der Waals surface area contributed by atoms with Crippen LogP contribution in [-0.4, -0.2) is 24.5 Å². The zero-order chi connectivity index (χ0) is 16.8. The van der Waals surface area contributed by atoms with Crippen molar-refractivity contribution in [3.63, 3.8) is 0 Å². The normalized spacial score (nSPS) is 21.6. The molecule has 124 valence electrons. The molecule has 0 bridgehead atoms. The highest BCUT2D eigenvalue weighted by molar-refractivity contribution is 9.10. The average molecular weight is 448 g/mol. The fourth-order valence-electron chi connectivity index (χ4n) is 2.95. The molecule has 0 aliphatic heterocycles. The minimum Gasteiger partial charge on any atom is -0.287 e. The Morgan fingerprint density at radius 3 is 1.54 bits per heavy atom. The van der Waals surface area contributed by atoms with Gasteiger partial charge in [-0.25, -0.2) is 0 Å². The number of rotatable bonds is 4. The molecular formula is C20H20Br2N2. The minimum atomic E-state index is 0.268. The van der Waals surface area contributed by atoms with Crippen LogP contribution >= 0.6 is 31.9 Å². The number of hydrogen-bond donors (Lipinski definition) is 0. The lowest BCUT2D eigenvalue weighted by atomic mass is 9.91. The van der Waals surface area contributed by atoms with E-state index in [1.54, 1.807) is 0 Å². The minimum absolute atomic E-state index is 0.268. The number of benzene rings is 2. The molecule has 1 aliphatic carbocycles. The molecule has 24 heavy (non-hydrogen) atoms. The SMILES string of the molecule is Brc1ccccc1C=N[C@@H]1CCCC[C@H]1N=Cc1ccccc1Br. The highest BCUT2D eigenvalue weighted by atomic mass is 79.9. The lowest BCUT2D eigenvalue weighted by Gasteiger charge is -2.25. The topological polar surface area (TPSA) is 24.7 Å². The van der Waals surface area contributed by atoms with Crippen molar-refractivity contribution in [2.75, 3.05) is 0 Å². The van der Waals surface area contributed by atoms with E-state index in [9.17, 15) is 0 Å². The Hall–Kier alpha value is -1.26. The summed E-state index contributed by atoms with van der Waals surface area (Å²) in [6.07, 6.45) is 8.66. The summed E-state index contributed by atoms with van der Waals surface area (Å²) >= 11 is 7.16. The van der Waals surface area contributed by atoms with Gasteiger partial charge in [-0.2, -0.15) is 0 Å². The molecule has 2 aromatic rings. The first-order valence-corrected chi connectivity index (χ1v) is 9.88. The van der Waals surface area contributed by atoms with Crippen molar-refractivity contribution in [2.45, 2.75) is 37.8 Å². The quantitative estimate of drug-likeness (QED) is 0.508. The van der Waals surface area contributed by atoms with Crippen molar-refractivity contribution in [1.29, 1.82) is 0 Å². The van der Waals surface area contributed by atoms with E-state index in [1.165, 1.54) is 12.8 Å². The van der Waals surface area contributed by atoms with Gasteiger partial charge >= 0.3 is 0 Å². The van der Waals surface area contributed by atoms with E-state index >= 15 is 0 Å². The Balaban J connectivity index is 1.74. The van der Waals surface area contributed by atoms with E-state index in [1.807, 2.05) is 48.8 Å². The Labute approximate surface area is 160 Å². The Kier molecular flexibility index (Phi) is 6.38. The smallest absolute Gasteiger partial charge is 0.0723 e. The van der Waals surface area contributed by atoms with Gasteiger partial charge in [-0.15, -0.1) is 0 Å². The lowest BCUT2D eigenvalue weighted by Crippen LogP contribution is -2.27. The molecule has 0 saturated heterocycles. The van der Waals surface area contributed by atoms with Crippen LogP contribution in [-0.2, 0) is 0 Å². The summed E-state index contributed by atoms with van der Waals surface area (Å²) in [5.41, 5.74) is 2.24. The van der Waals surface area contributed by atoms with Crippen LogP contribution in [0.2, 0.25) is 0 Å². The maximum Gasteiger partial charge on any atom is 0.0723 e. The van der Waals surface area contributed by atoms with E-state index in [4.69, 9.17) is 9.98 Å². The van der Waals surface area contributed by atoms with Crippen molar-refractivity contribution in [3.05, 3.63) is 68.6 Å². The van der Waals surface area contributed by atoms with Gasteiger partial charge in [-0.1, -0.05) is 81.1 Å². The van der Waals surface area contributed by atoms with E-state index in [0.29, 0.717) is 0 Å². The summed E-state index contributed by atoms with van der Waals surface area (Å²) in [4.78, 5) is 9.70. The van der Waals surface area contributed by atoms with Crippen LogP contribution in [0, 0.1) is 0 Å². The van der Waals surface area contributed by atoms with Crippen LogP contribution in [0.15, 0.2) is 67.5 Å². The van der Waals surface area contributed by atoms with Crippen molar-refractivity contribution < 1.29 is 0 Å². The molecule has 0 aromatic heterocycles. The van der Waals surface area contributed by atoms with Gasteiger partial charge < -0.3 is 0 Å². The van der Waals surface area contributed by atoms with Crippen molar-refractivity contribution >= 4 is 44.3 Å². The largest absolute Gasteiger partial charge is 0.287 e. The first-order valence-electron chi connectivity index (χ1n) is 8.29. The summed E-state index contributed by atoms with van der Waals surface area (Å²) in [5.74, 6) is 0. The fourth-order valence-corrected chi connectivity index (χ4v) is 3.73. The highest BCUT2D eigenvalue weighted by Gasteiger charge is 2.23. The molecule has 0 heterocycles. The standard InChI is InChI=1S/C20H20Br2N2/c21-17-9-3-1-7-15(17)13-23-19-11-5-6-12-20(19)24-14-16-8-2-4-10-18(16)22/h1-4,7-10,13-14,19-20H,5-6,11-12H2/t19-,20-/m1/s1. The molecule has 0 radical (unpaired) electrons. The Bertz CT molecular complexity index is 676. The van der Waals surface area contributed by atoms with Gasteiger partial charge in [0.15, 0.2) is 0 Å². The molecule has 0 amide bonds. The zero-order valence-electron chi connectivity index (χ0n) is 13.4. The second-order valence-electron chi connectivity index (χ2n) is 6.02. The summed E-state index contributed by atoms with van der Waals surface area (Å²) < 4.78 is 2.16. The van der Waals surface area contributed by atoms with Gasteiger partial charge in [0, 0.05) is 32.5 Å². The maximum atomic E-state index is 4.85. The molecule has 2 nitrogen and oxygen atoms in total. The fraction of sp³-hybridized carbons (Fsp3) is 0.300. The zero-order valence-corrected chi connectivity index (χ0v) is 16.6. The monoisotopic (exact) mass is 446 g/mol. The van der Waals surface area contributed by atoms with Crippen LogP contribution in [0.4, 0.5) is 0 Å². The predicted octanol–water partition coefficient (Wildman–Crippen LogP) is 6.06. The summed E-state index contributed by atoms with van der Waals surface area (Å²) in [6, 6.07) is 16.9. The number of nitrogens with zero attached hydrogens (tertiary/aromatic N) is 2. The predicted molar refractivity (Wildman–Crippen MR) is 110 cm³/mol. The van der Waals surface area contributed by atoms with E-state index in [0.717, 1.165) is 32.9 Å². The van der Waals surface area contributed by atoms with Gasteiger partial charge in [0.05, 0.1) is 12.1 Å². The van der Waals surface area contributed by atoms with Crippen LogP contribution < -0.4 is 0 Å². The Morgan fingerprint density at radius 2 is 1.12 bits per heavy atom. The van der Waals surface area contributed by atoms with Gasteiger partial charge in [0.25, 0.3) is 0 Å². The van der Waals surface area contributed by atoms with E-state index < -0.39 is 0 Å². The van der Waals surface area contributed by atoms with Crippen LogP contribution in [0.1, 0.15) is 36.8 Å². The molecule has 2 atom stereocenters. The van der Waals surface area contributed by atoms with Crippen molar-refractivity contribution in [2.24, 2.45) is 9.98 Å². The van der Waals surface area contributed by atoms with E-state index in [2.05, 4.69) is 44.0 Å². The first-order chi connectivity index (χ1) is 11.7. The third kappa shape index (κ3) is 4.64. The average Bonchev–Trinajstić information content (AvgIpc) is 2.61. The van der Waals surface area contributed by atoms with Crippen molar-refractivity contribution in [1.82, 2.24) is 0 Å². The molecule has 2 aromatic carbocycles. The molecule has 0 spiro atoms. The first kappa shape index (κ1) is 17.6. The van der Waals surface area contributed by atoms with Crippen molar-refractivity contribution in [3.8, 4) is 0 Å². The summed E-state index contributed by atoms with van der Waals surface area (Å²) in [6.45, 7) is 0. The molecule has 0 unspecified atom stereocenters. The number of halogens is 2. The third-order valence-electron chi connectivity index (χ3n) is 4.31. The molecule has 1 saturated carbocycles. The molecule has 4 heteroatoms.